The zero-order valence-electron chi connectivity index (χ0n) is 62.0. The van der Waals surface area contributed by atoms with E-state index in [1.807, 2.05) is 357 Å². The number of rotatable bonds is 16. The number of pyridine rings is 4. The number of ether oxygens (including phenoxy) is 2. The maximum Gasteiger partial charge on any atom is 0.421 e. The smallest absolute Gasteiger partial charge is 0.421 e. The third kappa shape index (κ3) is 30.1. The highest BCUT2D eigenvalue weighted by atomic mass is 35.5. The second kappa shape index (κ2) is 47.4. The minimum absolute atomic E-state index is 0. The molecule has 6 heterocycles. The molecule has 578 valence electrons. The normalized spacial score (nSPS) is 10.5. The molecule has 0 bridgehead atoms. The fraction of sp³-hybridized carbons (Fsp3) is 0.191. The first-order valence-corrected chi connectivity index (χ1v) is 34.1. The highest BCUT2D eigenvalue weighted by Gasteiger charge is 2.17. The SMILES string of the molecule is C.C.C.C.C.CN(N=Cc1cc[n+](C)cc1)c1ccccc1.COc1ccc(N(C)N=Cc2cc[n+](C)cc2)cc1.COc1ccc(N=Nc2n(C)cc[n+]2C)cc1.C[n+]1ccc(C=Cc2ccc(N)cc2)cc1.C[n+]1ccccc1C=Cc1ccc(N)cc1.Cn1c2c(N=Nc3ccc(Cl)cc3)c(O)ccc2c[n+]1C. The number of nitrogen functional groups attached to an aromatic ring is 2. The Hall–Kier alpha value is -13.3. The number of fused-ring (bicyclic) bond motifs is 1. The predicted molar refractivity (Wildman–Crippen MR) is 460 cm³/mol. The zero-order valence-corrected chi connectivity index (χ0v) is 62.7. The molecule has 6 aromatic heterocycles. The monoisotopic (exact) mass is 1520 g/mol. The van der Waals surface area contributed by atoms with Crippen LogP contribution in [0.25, 0.3) is 35.2 Å². The van der Waals surface area contributed by atoms with Crippen molar-refractivity contribution in [1.29, 1.82) is 0 Å². The fourth-order valence-corrected chi connectivity index (χ4v) is 9.79. The number of hydrogen-bond donors (Lipinski definition) is 3. The molecule has 0 unspecified atom stereocenters. The van der Waals surface area contributed by atoms with E-state index in [0.717, 1.165) is 79.0 Å². The van der Waals surface area contributed by atoms with Crippen molar-refractivity contribution in [2.75, 3.05) is 49.8 Å². The minimum Gasteiger partial charge on any atom is -0.506 e. The van der Waals surface area contributed by atoms with E-state index < -0.39 is 0 Å². The Bertz CT molecular complexity index is 4960. The third-order valence-electron chi connectivity index (χ3n) is 16.1. The van der Waals surface area contributed by atoms with Gasteiger partial charge in [0.05, 0.1) is 82.6 Å². The molecule has 0 aliphatic heterocycles. The lowest BCUT2D eigenvalue weighted by Gasteiger charge is -2.12. The van der Waals surface area contributed by atoms with Crippen molar-refractivity contribution in [2.24, 2.45) is 87.0 Å². The average Bonchev–Trinajstić information content (AvgIpc) is 1.64. The standard InChI is InChI=1S/C15H13ClN4O.C15H18N3O.C14H16N3.2C14H14N2.C12H15N4O.5CH4/c1-19-9-10-3-8-13(21)14(15(10)20(19)2)18-17-12-6-4-11(16)5-7-12;1-17-10-8-13(9-11-17)12-16-18(2)14-4-6-15(19-3)7-5-14;1-16-10-8-13(9-11-16)12-15-17(2)14-6-4-3-5-7-14;1-16-10-8-13(9-11-16)3-2-12-4-6-14(15)7-5-12;1-16-11-3-2-4-14(16)10-7-12-5-8-13(15)9-6-12;1-15-8-9-16(2)12(15)14-13-10-4-6-11(17-3)7-5-10;;;;;/h3-9H,1-2H3;4-12H,1-3H3;3-12H,1-2H3;2*2-11,15H,1H3;4-9H,1-3H3;5*1H4/q;2*+1;;;+1;;;;;/p+3. The molecule has 13 rings (SSSR count). The number of hydrazone groups is 2. The summed E-state index contributed by atoms with van der Waals surface area (Å²) in [5.74, 6) is 2.55. The summed E-state index contributed by atoms with van der Waals surface area (Å²) in [6.45, 7) is 0. The highest BCUT2D eigenvalue weighted by Crippen LogP contribution is 2.35. The van der Waals surface area contributed by atoms with E-state index in [9.17, 15) is 5.11 Å². The summed E-state index contributed by atoms with van der Waals surface area (Å²) in [6.07, 6.45) is 31.9. The van der Waals surface area contributed by atoms with E-state index in [1.54, 1.807) is 44.6 Å². The van der Waals surface area contributed by atoms with Gasteiger partial charge in [-0.2, -0.15) is 20.0 Å². The number of anilines is 4. The average molecular weight is 1520 g/mol. The van der Waals surface area contributed by atoms with Crippen molar-refractivity contribution >= 4 is 105 Å². The number of imidazole rings is 1. The van der Waals surface area contributed by atoms with E-state index >= 15 is 0 Å². The van der Waals surface area contributed by atoms with Gasteiger partial charge in [-0.1, -0.05) is 108 Å². The number of halogens is 1. The molecule has 13 aromatic rings. The second-order valence-electron chi connectivity index (χ2n) is 24.2. The number of azo groups is 2. The van der Waals surface area contributed by atoms with Crippen LogP contribution in [0.2, 0.25) is 5.02 Å². The van der Waals surface area contributed by atoms with Gasteiger partial charge in [-0.15, -0.1) is 9.80 Å². The van der Waals surface area contributed by atoms with Gasteiger partial charge in [0.1, 0.15) is 56.6 Å². The van der Waals surface area contributed by atoms with Gasteiger partial charge in [0, 0.05) is 101 Å². The van der Waals surface area contributed by atoms with Crippen LogP contribution in [0.15, 0.2) is 311 Å². The molecule has 0 fully saturated rings. The van der Waals surface area contributed by atoms with Crippen molar-refractivity contribution in [2.45, 2.75) is 37.1 Å². The number of aryl methyl sites for hydroxylation is 8. The van der Waals surface area contributed by atoms with Crippen LogP contribution in [-0.4, -0.2) is 55.1 Å². The van der Waals surface area contributed by atoms with Gasteiger partial charge in [0.15, 0.2) is 56.1 Å². The molecule has 0 atom stereocenters. The number of nitrogens with zero attached hydrogens (tertiary/aromatic N) is 16. The van der Waals surface area contributed by atoms with Gasteiger partial charge < -0.3 is 26.0 Å². The summed E-state index contributed by atoms with van der Waals surface area (Å²) in [5.41, 5.74) is 24.5. The number of para-hydroxylation sites is 1. The predicted octanol–water partition coefficient (Wildman–Crippen LogP) is 17.7. The lowest BCUT2D eigenvalue weighted by Crippen LogP contribution is -2.35. The number of benzene rings is 7. The Morgan fingerprint density at radius 2 is 0.856 bits per heavy atom. The van der Waals surface area contributed by atoms with Crippen LogP contribution in [0.1, 0.15) is 70.6 Å². The molecule has 7 aromatic carbocycles. The molecular formula is C89H113ClN18O3+6. The Balaban J connectivity index is 0.000000343. The Morgan fingerprint density at radius 1 is 0.432 bits per heavy atom. The molecule has 5 N–H and O–H groups in total. The van der Waals surface area contributed by atoms with Gasteiger partial charge in [-0.3, -0.25) is 10.0 Å². The summed E-state index contributed by atoms with van der Waals surface area (Å²) in [7, 11) is 22.9. The molecule has 0 aliphatic carbocycles. The first-order valence-electron chi connectivity index (χ1n) is 33.7. The largest absolute Gasteiger partial charge is 0.506 e. The summed E-state index contributed by atoms with van der Waals surface area (Å²) < 4.78 is 25.9. The Labute approximate surface area is 662 Å². The molecule has 111 heavy (non-hydrogen) atoms. The van der Waals surface area contributed by atoms with Crippen LogP contribution in [0.3, 0.4) is 0 Å². The van der Waals surface area contributed by atoms with E-state index in [4.69, 9.17) is 32.5 Å². The van der Waals surface area contributed by atoms with Crippen LogP contribution in [0, 0.1) is 0 Å². The lowest BCUT2D eigenvalue weighted by atomic mass is 10.1. The number of methoxy groups -OCH3 is 2. The number of phenols is 1. The first kappa shape index (κ1) is 91.9. The third-order valence-corrected chi connectivity index (χ3v) is 16.3. The summed E-state index contributed by atoms with van der Waals surface area (Å²) in [5, 5.41) is 40.9. The molecule has 0 radical (unpaired) electrons. The molecule has 0 saturated heterocycles. The molecule has 0 amide bonds. The zero-order chi connectivity index (χ0) is 75.7. The van der Waals surface area contributed by atoms with Gasteiger partial charge in [-0.25, -0.2) is 27.4 Å². The van der Waals surface area contributed by atoms with Crippen molar-refractivity contribution in [3.8, 4) is 17.2 Å². The molecule has 0 aliphatic rings. The fourth-order valence-electron chi connectivity index (χ4n) is 9.66. The molecule has 0 spiro atoms. The molecular weight excluding hydrogens is 1400 g/mol. The number of aromatic nitrogens is 8. The highest BCUT2D eigenvalue weighted by molar-refractivity contribution is 6.30. The maximum absolute atomic E-state index is 10.1. The van der Waals surface area contributed by atoms with Crippen molar-refractivity contribution < 1.29 is 42.1 Å². The van der Waals surface area contributed by atoms with Crippen LogP contribution in [0.5, 0.6) is 17.2 Å². The van der Waals surface area contributed by atoms with Crippen LogP contribution in [0.4, 0.5) is 45.8 Å². The van der Waals surface area contributed by atoms with Crippen LogP contribution in [-0.2, 0) is 56.4 Å². The van der Waals surface area contributed by atoms with E-state index in [2.05, 4.69) is 77.7 Å². The quantitative estimate of drug-likeness (QED) is 0.0280. The van der Waals surface area contributed by atoms with Crippen molar-refractivity contribution in [3.63, 3.8) is 0 Å². The van der Waals surface area contributed by atoms with E-state index in [-0.39, 0.29) is 42.9 Å². The number of nitrogens with two attached hydrogens (primary N) is 2. The molecule has 0 saturated carbocycles. The van der Waals surface area contributed by atoms with Gasteiger partial charge in [0.2, 0.25) is 11.9 Å². The molecule has 22 heteroatoms. The Kier molecular flexibility index (Phi) is 39.3. The lowest BCUT2D eigenvalue weighted by molar-refractivity contribution is -0.748. The molecule has 21 nitrogen and oxygen atoms in total. The van der Waals surface area contributed by atoms with Crippen molar-refractivity contribution in [1.82, 2.24) is 9.25 Å². The summed E-state index contributed by atoms with van der Waals surface area (Å²) in [6, 6.07) is 69.9. The Morgan fingerprint density at radius 3 is 1.32 bits per heavy atom. The van der Waals surface area contributed by atoms with E-state index in [0.29, 0.717) is 16.4 Å². The van der Waals surface area contributed by atoms with E-state index in [1.165, 1.54) is 11.3 Å². The maximum atomic E-state index is 10.1. The first-order chi connectivity index (χ1) is 51.2. The van der Waals surface area contributed by atoms with Gasteiger partial charge in [0.25, 0.3) is 0 Å². The minimum atomic E-state index is 0. The number of hydrogen-bond acceptors (Lipinski definition) is 13. The van der Waals surface area contributed by atoms with Crippen LogP contribution >= 0.6 is 11.6 Å². The van der Waals surface area contributed by atoms with Gasteiger partial charge in [-0.05, 0) is 150 Å². The number of phenolic OH excluding ortho intramolecular Hbond substituents is 1. The summed E-state index contributed by atoms with van der Waals surface area (Å²) >= 11 is 5.84. The topological polar surface area (TPSA) is 205 Å². The summed E-state index contributed by atoms with van der Waals surface area (Å²) in [4.78, 5) is 0. The van der Waals surface area contributed by atoms with Crippen LogP contribution < -0.4 is 58.5 Å². The second-order valence-corrected chi connectivity index (χ2v) is 24.6. The van der Waals surface area contributed by atoms with Crippen molar-refractivity contribution in [3.05, 3.63) is 319 Å². The number of aromatic hydroxyl groups is 1. The van der Waals surface area contributed by atoms with Gasteiger partial charge >= 0.3 is 5.95 Å².